The summed E-state index contributed by atoms with van der Waals surface area (Å²) in [5.74, 6) is 1.08. The molecule has 1 aromatic heterocycles. The lowest BCUT2D eigenvalue weighted by Crippen LogP contribution is -2.49. The molecule has 7 heteroatoms. The number of nitrogens with one attached hydrogen (secondary N) is 1. The lowest BCUT2D eigenvalue weighted by Gasteiger charge is -2.37. The second-order valence-electron chi connectivity index (χ2n) is 9.88. The van der Waals surface area contributed by atoms with Gasteiger partial charge >= 0.3 is 0 Å². The fraction of sp³-hybridized carbons (Fsp3) is 0.367. The van der Waals surface area contributed by atoms with Gasteiger partial charge in [-0.2, -0.15) is 0 Å². The average Bonchev–Trinajstić information content (AvgIpc) is 2.90. The Morgan fingerprint density at radius 1 is 1.03 bits per heavy atom. The summed E-state index contributed by atoms with van der Waals surface area (Å²) < 4.78 is 6.02. The first-order chi connectivity index (χ1) is 17.8. The van der Waals surface area contributed by atoms with Gasteiger partial charge in [0, 0.05) is 44.1 Å². The minimum atomic E-state index is -0.728. The zero-order chi connectivity index (χ0) is 26.4. The third kappa shape index (κ3) is 6.35. The first-order valence-corrected chi connectivity index (χ1v) is 13.0. The van der Waals surface area contributed by atoms with Gasteiger partial charge in [0.2, 0.25) is 5.91 Å². The molecular formula is C30H36N4O3. The topological polar surface area (TPSA) is 74.8 Å². The fourth-order valence-electron chi connectivity index (χ4n) is 4.97. The number of hydrogen-bond acceptors (Lipinski definition) is 5. The second-order valence-corrected chi connectivity index (χ2v) is 9.88. The van der Waals surface area contributed by atoms with Gasteiger partial charge in [-0.15, -0.1) is 0 Å². The first kappa shape index (κ1) is 26.4. The smallest absolute Gasteiger partial charge is 0.256 e. The molecule has 2 heterocycles. The number of ether oxygens (including phenoxy) is 1. The molecule has 37 heavy (non-hydrogen) atoms. The average molecular weight is 501 g/mol. The number of hydrogen-bond donors (Lipinski definition) is 1. The Morgan fingerprint density at radius 3 is 2.46 bits per heavy atom. The van der Waals surface area contributed by atoms with Crippen molar-refractivity contribution in [3.8, 4) is 11.5 Å². The number of amides is 2. The number of pyridine rings is 1. The Bertz CT molecular complexity index is 1190. The summed E-state index contributed by atoms with van der Waals surface area (Å²) in [6.07, 6.45) is 3.81. The highest BCUT2D eigenvalue weighted by Crippen LogP contribution is 2.34. The van der Waals surface area contributed by atoms with Crippen LogP contribution in [-0.2, 0) is 11.2 Å². The van der Waals surface area contributed by atoms with E-state index < -0.39 is 6.04 Å². The van der Waals surface area contributed by atoms with Gasteiger partial charge in [-0.25, -0.2) is 0 Å². The van der Waals surface area contributed by atoms with Crippen LogP contribution in [0.2, 0.25) is 0 Å². The molecule has 2 aromatic carbocycles. The molecule has 0 radical (unpaired) electrons. The van der Waals surface area contributed by atoms with Crippen LogP contribution < -0.4 is 10.1 Å². The van der Waals surface area contributed by atoms with Crippen molar-refractivity contribution in [2.24, 2.45) is 0 Å². The number of aromatic nitrogens is 1. The van der Waals surface area contributed by atoms with Gasteiger partial charge < -0.3 is 15.0 Å². The molecule has 4 rings (SSSR count). The Kier molecular flexibility index (Phi) is 8.56. The lowest BCUT2D eigenvalue weighted by molar-refractivity contribution is -0.126. The molecule has 1 aliphatic rings. The van der Waals surface area contributed by atoms with Crippen molar-refractivity contribution >= 4 is 11.8 Å². The fourth-order valence-corrected chi connectivity index (χ4v) is 4.97. The SMILES string of the molecule is CC(C)N(CCNC(=O)C1c2ccc(Oc3ccccc3)cc2CCN1C(=O)c1cccnc1)C(C)C. The lowest BCUT2D eigenvalue weighted by atomic mass is 9.91. The van der Waals surface area contributed by atoms with Crippen LogP contribution in [0.25, 0.3) is 0 Å². The number of para-hydroxylation sites is 1. The normalized spacial score (nSPS) is 15.1. The number of fused-ring (bicyclic) bond motifs is 1. The van der Waals surface area contributed by atoms with E-state index in [-0.39, 0.29) is 11.8 Å². The molecule has 2 amide bonds. The molecule has 7 nitrogen and oxygen atoms in total. The van der Waals surface area contributed by atoms with Gasteiger partial charge in [-0.3, -0.25) is 19.5 Å². The molecule has 0 spiro atoms. The molecule has 0 fully saturated rings. The standard InChI is InChI=1S/C30H36N4O3/c1-21(2)33(22(3)4)18-16-32-29(35)28-27-13-12-26(37-25-10-6-5-7-11-25)19-23(27)14-17-34(28)30(36)24-9-8-15-31-20-24/h5-13,15,19-22,28H,14,16-18H2,1-4H3,(H,32,35). The highest BCUT2D eigenvalue weighted by Gasteiger charge is 2.36. The van der Waals surface area contributed by atoms with Crippen molar-refractivity contribution in [1.29, 1.82) is 0 Å². The van der Waals surface area contributed by atoms with Crippen molar-refractivity contribution in [2.75, 3.05) is 19.6 Å². The van der Waals surface area contributed by atoms with Crippen molar-refractivity contribution in [3.63, 3.8) is 0 Å². The van der Waals surface area contributed by atoms with Crippen LogP contribution in [0.1, 0.15) is 55.2 Å². The molecule has 194 valence electrons. The number of carbonyl (C=O) groups is 2. The van der Waals surface area contributed by atoms with Gasteiger partial charge in [0.15, 0.2) is 0 Å². The van der Waals surface area contributed by atoms with Crippen LogP contribution in [-0.4, -0.2) is 58.3 Å². The Hall–Kier alpha value is -3.71. The molecule has 0 saturated carbocycles. The summed E-state index contributed by atoms with van der Waals surface area (Å²) >= 11 is 0. The van der Waals surface area contributed by atoms with Crippen LogP contribution in [0.3, 0.4) is 0 Å². The van der Waals surface area contributed by atoms with E-state index in [1.165, 1.54) is 0 Å². The molecular weight excluding hydrogens is 464 g/mol. The van der Waals surface area contributed by atoms with E-state index >= 15 is 0 Å². The van der Waals surface area contributed by atoms with E-state index in [4.69, 9.17) is 4.74 Å². The van der Waals surface area contributed by atoms with E-state index in [1.807, 2.05) is 48.5 Å². The third-order valence-corrected chi connectivity index (χ3v) is 6.74. The summed E-state index contributed by atoms with van der Waals surface area (Å²) in [5, 5.41) is 3.10. The predicted octanol–water partition coefficient (Wildman–Crippen LogP) is 4.85. The van der Waals surface area contributed by atoms with Crippen molar-refractivity contribution < 1.29 is 14.3 Å². The van der Waals surface area contributed by atoms with Crippen LogP contribution in [0.15, 0.2) is 73.1 Å². The number of nitrogens with zero attached hydrogens (tertiary/aromatic N) is 3. The number of carbonyl (C=O) groups excluding carboxylic acids is 2. The van der Waals surface area contributed by atoms with Crippen molar-refractivity contribution in [1.82, 2.24) is 20.1 Å². The first-order valence-electron chi connectivity index (χ1n) is 13.0. The largest absolute Gasteiger partial charge is 0.457 e. The summed E-state index contributed by atoms with van der Waals surface area (Å²) in [6.45, 7) is 10.3. The van der Waals surface area contributed by atoms with Gasteiger partial charge in [-0.05, 0) is 81.6 Å². The van der Waals surface area contributed by atoms with Gasteiger partial charge in [0.25, 0.3) is 5.91 Å². The van der Waals surface area contributed by atoms with Crippen molar-refractivity contribution in [2.45, 2.75) is 52.2 Å². The molecule has 1 unspecified atom stereocenters. The highest BCUT2D eigenvalue weighted by molar-refractivity contribution is 5.98. The summed E-state index contributed by atoms with van der Waals surface area (Å²) in [7, 11) is 0. The highest BCUT2D eigenvalue weighted by atomic mass is 16.5. The summed E-state index contributed by atoms with van der Waals surface area (Å²) in [5.41, 5.74) is 2.30. The number of rotatable bonds is 9. The van der Waals surface area contributed by atoms with E-state index in [2.05, 4.69) is 42.9 Å². The molecule has 0 saturated heterocycles. The predicted molar refractivity (Wildman–Crippen MR) is 145 cm³/mol. The van der Waals surface area contributed by atoms with Crippen LogP contribution in [0.4, 0.5) is 0 Å². The summed E-state index contributed by atoms with van der Waals surface area (Å²) in [6, 6.07) is 18.9. The van der Waals surface area contributed by atoms with Crippen LogP contribution in [0.5, 0.6) is 11.5 Å². The Balaban J connectivity index is 1.58. The molecule has 1 atom stereocenters. The number of benzene rings is 2. The zero-order valence-corrected chi connectivity index (χ0v) is 22.1. The second kappa shape index (κ2) is 12.0. The third-order valence-electron chi connectivity index (χ3n) is 6.74. The van der Waals surface area contributed by atoms with Gasteiger partial charge in [0.05, 0.1) is 5.56 Å². The van der Waals surface area contributed by atoms with E-state index in [9.17, 15) is 9.59 Å². The zero-order valence-electron chi connectivity index (χ0n) is 22.1. The molecule has 3 aromatic rings. The van der Waals surface area contributed by atoms with Crippen LogP contribution >= 0.6 is 0 Å². The van der Waals surface area contributed by atoms with E-state index in [1.54, 1.807) is 29.4 Å². The van der Waals surface area contributed by atoms with E-state index in [0.717, 1.165) is 23.4 Å². The van der Waals surface area contributed by atoms with Gasteiger partial charge in [0.1, 0.15) is 17.5 Å². The Morgan fingerprint density at radius 2 is 1.78 bits per heavy atom. The molecule has 0 bridgehead atoms. The molecule has 1 aliphatic heterocycles. The maximum absolute atomic E-state index is 13.6. The maximum Gasteiger partial charge on any atom is 0.256 e. The van der Waals surface area contributed by atoms with Crippen molar-refractivity contribution in [3.05, 3.63) is 89.7 Å². The van der Waals surface area contributed by atoms with Gasteiger partial charge in [-0.1, -0.05) is 24.3 Å². The summed E-state index contributed by atoms with van der Waals surface area (Å²) in [4.78, 5) is 35.2. The Labute approximate surface area is 219 Å². The minimum absolute atomic E-state index is 0.178. The quantitative estimate of drug-likeness (QED) is 0.455. The molecule has 1 N–H and O–H groups in total. The maximum atomic E-state index is 13.6. The van der Waals surface area contributed by atoms with Crippen LogP contribution in [0, 0.1) is 0 Å². The monoisotopic (exact) mass is 500 g/mol. The minimum Gasteiger partial charge on any atom is -0.457 e. The van der Waals surface area contributed by atoms with E-state index in [0.29, 0.717) is 42.9 Å². The molecule has 0 aliphatic carbocycles.